The predicted octanol–water partition coefficient (Wildman–Crippen LogP) is 3.01. The summed E-state index contributed by atoms with van der Waals surface area (Å²) in [4.78, 5) is 16.5. The molecule has 0 bridgehead atoms. The van der Waals surface area contributed by atoms with Gasteiger partial charge in [-0.15, -0.1) is 0 Å². The number of benzene rings is 1. The Balaban J connectivity index is 1.71. The smallest absolute Gasteiger partial charge is 0.168 e. The molecule has 21 heavy (non-hydrogen) atoms. The van der Waals surface area contributed by atoms with E-state index in [0.29, 0.717) is 11.6 Å². The topological polar surface area (TPSA) is 54.0 Å². The van der Waals surface area contributed by atoms with E-state index in [-0.39, 0.29) is 11.8 Å². The van der Waals surface area contributed by atoms with E-state index in [1.807, 2.05) is 24.3 Å². The zero-order chi connectivity index (χ0) is 14.7. The van der Waals surface area contributed by atoms with E-state index >= 15 is 0 Å². The lowest BCUT2D eigenvalue weighted by atomic mass is 10.0. The maximum Gasteiger partial charge on any atom is 0.168 e. The Hall–Kier alpha value is -1.65. The molecule has 110 valence electrons. The fraction of sp³-hybridized carbons (Fsp3) is 0.375. The molecule has 5 heteroatoms. The van der Waals surface area contributed by atoms with Crippen LogP contribution in [0.5, 0.6) is 0 Å². The number of carbonyl (C=O) groups excluding carboxylic acids is 1. The molecule has 0 aliphatic carbocycles. The van der Waals surface area contributed by atoms with E-state index in [4.69, 9.17) is 11.6 Å². The number of fused-ring (bicyclic) bond motifs is 1. The maximum absolute atomic E-state index is 12.2. The van der Waals surface area contributed by atoms with Gasteiger partial charge in [0.15, 0.2) is 5.78 Å². The molecule has 0 saturated carbocycles. The van der Waals surface area contributed by atoms with Gasteiger partial charge in [0.2, 0.25) is 0 Å². The Bertz CT molecular complexity index is 653. The number of nitrogens with one attached hydrogen (secondary N) is 2. The number of Topliss-reactive ketones (excluding diaryl/α,β-unsaturated/α-hetero) is 1. The largest absolute Gasteiger partial charge is 0.377 e. The van der Waals surface area contributed by atoms with E-state index in [1.54, 1.807) is 6.20 Å². The molecule has 0 amide bonds. The highest BCUT2D eigenvalue weighted by atomic mass is 35.5. The number of nitrogens with zero attached hydrogens (tertiary/aromatic N) is 1. The van der Waals surface area contributed by atoms with Gasteiger partial charge in [-0.25, -0.2) is 0 Å². The van der Waals surface area contributed by atoms with Gasteiger partial charge in [0.1, 0.15) is 0 Å². The molecule has 1 saturated heterocycles. The van der Waals surface area contributed by atoms with Gasteiger partial charge >= 0.3 is 0 Å². The first-order chi connectivity index (χ1) is 10.2. The minimum atomic E-state index is -0.00574. The molecule has 2 aromatic rings. The number of rotatable bonds is 4. The molecule has 3 rings (SSSR count). The number of halogens is 1. The summed E-state index contributed by atoms with van der Waals surface area (Å²) in [5, 5.41) is 8.15. The normalized spacial score (nSPS) is 18.6. The Kier molecular flexibility index (Phi) is 4.36. The van der Waals surface area contributed by atoms with Crippen LogP contribution in [-0.4, -0.2) is 29.9 Å². The first-order valence-corrected chi connectivity index (χ1v) is 7.66. The number of hydrogen-bond acceptors (Lipinski definition) is 4. The van der Waals surface area contributed by atoms with E-state index in [2.05, 4.69) is 15.6 Å². The third-order valence-electron chi connectivity index (χ3n) is 3.86. The molecule has 1 aliphatic heterocycles. The zero-order valence-electron chi connectivity index (χ0n) is 11.7. The van der Waals surface area contributed by atoms with Crippen LogP contribution in [0, 0.1) is 0 Å². The Morgan fingerprint density at radius 3 is 3.10 bits per heavy atom. The van der Waals surface area contributed by atoms with Crippen LogP contribution in [0.3, 0.4) is 0 Å². The highest BCUT2D eigenvalue weighted by molar-refractivity contribution is 6.31. The van der Waals surface area contributed by atoms with Crippen molar-refractivity contribution in [2.75, 3.05) is 18.4 Å². The molecular formula is C16H18ClN3O. The van der Waals surface area contributed by atoms with Crippen molar-refractivity contribution in [2.24, 2.45) is 0 Å². The van der Waals surface area contributed by atoms with Crippen molar-refractivity contribution < 1.29 is 4.79 Å². The van der Waals surface area contributed by atoms with Crippen LogP contribution < -0.4 is 10.6 Å². The standard InChI is InChI=1S/C16H18ClN3O/c17-11-4-5-12-13(6-8-19-15(12)9-11)20-10-16(21)14-3-1-2-7-18-14/h4-6,8-9,14,18H,1-3,7,10H2,(H,19,20). The van der Waals surface area contributed by atoms with Crippen LogP contribution in [0.4, 0.5) is 5.69 Å². The highest BCUT2D eigenvalue weighted by Crippen LogP contribution is 2.24. The van der Waals surface area contributed by atoms with E-state index in [0.717, 1.165) is 42.4 Å². The number of anilines is 1. The lowest BCUT2D eigenvalue weighted by molar-refractivity contribution is -0.119. The van der Waals surface area contributed by atoms with Gasteiger partial charge in [-0.3, -0.25) is 9.78 Å². The van der Waals surface area contributed by atoms with Gasteiger partial charge in [0.25, 0.3) is 0 Å². The van der Waals surface area contributed by atoms with Gasteiger partial charge in [0, 0.05) is 22.3 Å². The summed E-state index contributed by atoms with van der Waals surface area (Å²) in [6.45, 7) is 1.27. The molecule has 1 aliphatic rings. The van der Waals surface area contributed by atoms with E-state index in [9.17, 15) is 4.79 Å². The summed E-state index contributed by atoms with van der Waals surface area (Å²) in [5.41, 5.74) is 1.75. The SMILES string of the molecule is O=C(CNc1ccnc2cc(Cl)ccc12)C1CCCCN1. The van der Waals surface area contributed by atoms with E-state index in [1.165, 1.54) is 0 Å². The quantitative estimate of drug-likeness (QED) is 0.911. The van der Waals surface area contributed by atoms with Crippen molar-refractivity contribution in [3.8, 4) is 0 Å². The van der Waals surface area contributed by atoms with Gasteiger partial charge in [-0.05, 0) is 43.7 Å². The van der Waals surface area contributed by atoms with Crippen molar-refractivity contribution in [3.05, 3.63) is 35.5 Å². The molecule has 4 nitrogen and oxygen atoms in total. The Morgan fingerprint density at radius 2 is 2.29 bits per heavy atom. The second-order valence-corrected chi connectivity index (χ2v) is 5.78. The first-order valence-electron chi connectivity index (χ1n) is 7.28. The van der Waals surface area contributed by atoms with Gasteiger partial charge in [0.05, 0.1) is 18.1 Å². The summed E-state index contributed by atoms with van der Waals surface area (Å²) in [5.74, 6) is 0.216. The molecule has 0 spiro atoms. The minimum absolute atomic E-state index is 0.00574. The summed E-state index contributed by atoms with van der Waals surface area (Å²) in [6.07, 6.45) is 4.95. The Labute approximate surface area is 128 Å². The number of hydrogen-bond donors (Lipinski definition) is 2. The van der Waals surface area contributed by atoms with E-state index < -0.39 is 0 Å². The number of aromatic nitrogens is 1. The number of piperidine rings is 1. The van der Waals surface area contributed by atoms with Crippen molar-refractivity contribution in [3.63, 3.8) is 0 Å². The molecule has 2 N–H and O–H groups in total. The monoisotopic (exact) mass is 303 g/mol. The van der Waals surface area contributed by atoms with Crippen molar-refractivity contribution >= 4 is 34.0 Å². The van der Waals surface area contributed by atoms with Gasteiger partial charge in [-0.2, -0.15) is 0 Å². The van der Waals surface area contributed by atoms with Crippen molar-refractivity contribution in [1.82, 2.24) is 10.3 Å². The number of carbonyl (C=O) groups is 1. The fourth-order valence-electron chi connectivity index (χ4n) is 2.71. The summed E-state index contributed by atoms with van der Waals surface area (Å²) in [6, 6.07) is 7.47. The first kappa shape index (κ1) is 14.3. The second-order valence-electron chi connectivity index (χ2n) is 5.34. The van der Waals surface area contributed by atoms with Gasteiger partial charge < -0.3 is 10.6 Å². The van der Waals surface area contributed by atoms with Gasteiger partial charge in [-0.1, -0.05) is 18.0 Å². The number of ketones is 1. The van der Waals surface area contributed by atoms with Crippen LogP contribution in [0.2, 0.25) is 5.02 Å². The zero-order valence-corrected chi connectivity index (χ0v) is 12.5. The second kappa shape index (κ2) is 6.41. The number of pyridine rings is 1. The van der Waals surface area contributed by atoms with Crippen LogP contribution in [0.25, 0.3) is 10.9 Å². The third kappa shape index (κ3) is 3.34. The van der Waals surface area contributed by atoms with Crippen LogP contribution in [0.15, 0.2) is 30.5 Å². The molecule has 2 heterocycles. The molecular weight excluding hydrogens is 286 g/mol. The van der Waals surface area contributed by atoms with Crippen molar-refractivity contribution in [1.29, 1.82) is 0 Å². The lowest BCUT2D eigenvalue weighted by Crippen LogP contribution is -2.42. The molecule has 1 aromatic carbocycles. The molecule has 1 unspecified atom stereocenters. The molecule has 1 fully saturated rings. The summed E-state index contributed by atoms with van der Waals surface area (Å²) >= 11 is 5.98. The molecule has 1 atom stereocenters. The van der Waals surface area contributed by atoms with Crippen LogP contribution >= 0.6 is 11.6 Å². The molecule has 0 radical (unpaired) electrons. The average molecular weight is 304 g/mol. The molecule has 1 aromatic heterocycles. The lowest BCUT2D eigenvalue weighted by Gasteiger charge is -2.22. The third-order valence-corrected chi connectivity index (χ3v) is 4.09. The highest BCUT2D eigenvalue weighted by Gasteiger charge is 2.20. The maximum atomic E-state index is 12.2. The van der Waals surface area contributed by atoms with Crippen LogP contribution in [0.1, 0.15) is 19.3 Å². The van der Waals surface area contributed by atoms with Crippen LogP contribution in [-0.2, 0) is 4.79 Å². The Morgan fingerprint density at radius 1 is 1.38 bits per heavy atom. The predicted molar refractivity (Wildman–Crippen MR) is 85.9 cm³/mol. The minimum Gasteiger partial charge on any atom is -0.377 e. The average Bonchev–Trinajstić information content (AvgIpc) is 2.53. The summed E-state index contributed by atoms with van der Waals surface area (Å²) < 4.78 is 0. The summed E-state index contributed by atoms with van der Waals surface area (Å²) in [7, 11) is 0. The fourth-order valence-corrected chi connectivity index (χ4v) is 2.87. The van der Waals surface area contributed by atoms with Crippen molar-refractivity contribution in [2.45, 2.75) is 25.3 Å².